The molecular weight excluding hydrogens is 333 g/mol. The Morgan fingerprint density at radius 2 is 1.83 bits per heavy atom. The third-order valence-corrected chi connectivity index (χ3v) is 4.28. The van der Waals surface area contributed by atoms with Crippen LogP contribution in [0.15, 0.2) is 42.5 Å². The highest BCUT2D eigenvalue weighted by Gasteiger charge is 2.22. The van der Waals surface area contributed by atoms with Gasteiger partial charge in [-0.1, -0.05) is 53.5 Å². The van der Waals surface area contributed by atoms with Crippen LogP contribution >= 0.6 is 23.2 Å². The van der Waals surface area contributed by atoms with E-state index in [4.69, 9.17) is 23.2 Å². The molecule has 0 aromatic heterocycles. The fraction of sp³-hybridized carbons (Fsp3) is 0.278. The standard InChI is InChI=1S/C18H19Cl2NO2/c1-12(22)21-10-9-18(2,23)14-5-3-13(4-6-14)16-8-7-15(19)11-17(16)20/h3-8,11,23H,9-10H2,1-2H3,(H,21,22). The SMILES string of the molecule is CC(=O)NCCC(C)(O)c1ccc(-c2ccc(Cl)cc2Cl)cc1. The van der Waals surface area contributed by atoms with Gasteiger partial charge in [0.1, 0.15) is 0 Å². The summed E-state index contributed by atoms with van der Waals surface area (Å²) in [5, 5.41) is 14.4. The van der Waals surface area contributed by atoms with Crippen molar-refractivity contribution < 1.29 is 9.90 Å². The van der Waals surface area contributed by atoms with Crippen molar-refractivity contribution in [2.75, 3.05) is 6.54 Å². The van der Waals surface area contributed by atoms with E-state index in [1.165, 1.54) is 6.92 Å². The van der Waals surface area contributed by atoms with E-state index in [1.807, 2.05) is 30.3 Å². The Morgan fingerprint density at radius 3 is 2.39 bits per heavy atom. The van der Waals surface area contributed by atoms with Gasteiger partial charge in [0.05, 0.1) is 5.60 Å². The molecule has 0 saturated heterocycles. The molecule has 23 heavy (non-hydrogen) atoms. The molecule has 0 bridgehead atoms. The zero-order chi connectivity index (χ0) is 17.0. The maximum absolute atomic E-state index is 10.9. The summed E-state index contributed by atoms with van der Waals surface area (Å²) in [5.74, 6) is -0.103. The van der Waals surface area contributed by atoms with Gasteiger partial charge in [0, 0.05) is 29.1 Å². The molecule has 0 radical (unpaired) electrons. The number of halogens is 2. The van der Waals surface area contributed by atoms with Gasteiger partial charge in [-0.05, 0) is 36.6 Å². The van der Waals surface area contributed by atoms with Gasteiger partial charge in [0.25, 0.3) is 0 Å². The van der Waals surface area contributed by atoms with Crippen LogP contribution in [0.1, 0.15) is 25.8 Å². The van der Waals surface area contributed by atoms with Crippen molar-refractivity contribution in [2.45, 2.75) is 25.9 Å². The molecule has 0 saturated carbocycles. The molecule has 0 heterocycles. The van der Waals surface area contributed by atoms with Gasteiger partial charge in [0.15, 0.2) is 0 Å². The van der Waals surface area contributed by atoms with Crippen LogP contribution in [0.5, 0.6) is 0 Å². The van der Waals surface area contributed by atoms with Crippen LogP contribution in [0.3, 0.4) is 0 Å². The lowest BCUT2D eigenvalue weighted by atomic mass is 9.91. The maximum atomic E-state index is 10.9. The Labute approximate surface area is 146 Å². The lowest BCUT2D eigenvalue weighted by Gasteiger charge is -2.24. The van der Waals surface area contributed by atoms with E-state index in [1.54, 1.807) is 19.1 Å². The normalized spacial score (nSPS) is 13.4. The van der Waals surface area contributed by atoms with Gasteiger partial charge in [-0.3, -0.25) is 4.79 Å². The average Bonchev–Trinajstić information content (AvgIpc) is 2.47. The highest BCUT2D eigenvalue weighted by atomic mass is 35.5. The summed E-state index contributed by atoms with van der Waals surface area (Å²) in [6, 6.07) is 12.9. The highest BCUT2D eigenvalue weighted by Crippen LogP contribution is 2.32. The first-order valence-corrected chi connectivity index (χ1v) is 8.08. The molecule has 0 spiro atoms. The van der Waals surface area contributed by atoms with E-state index in [9.17, 15) is 9.90 Å². The molecule has 1 amide bonds. The summed E-state index contributed by atoms with van der Waals surface area (Å²) >= 11 is 12.1. The second-order valence-electron chi connectivity index (χ2n) is 5.71. The van der Waals surface area contributed by atoms with E-state index in [-0.39, 0.29) is 5.91 Å². The number of aliphatic hydroxyl groups is 1. The van der Waals surface area contributed by atoms with Crippen LogP contribution in [0.2, 0.25) is 10.0 Å². The van der Waals surface area contributed by atoms with Gasteiger partial charge in [0.2, 0.25) is 5.91 Å². The summed E-state index contributed by atoms with van der Waals surface area (Å²) in [6.45, 7) is 3.62. The van der Waals surface area contributed by atoms with Crippen LogP contribution in [0.25, 0.3) is 11.1 Å². The minimum atomic E-state index is -1.01. The molecule has 122 valence electrons. The van der Waals surface area contributed by atoms with Gasteiger partial charge < -0.3 is 10.4 Å². The number of amides is 1. The summed E-state index contributed by atoms with van der Waals surface area (Å²) < 4.78 is 0. The van der Waals surface area contributed by atoms with Crippen molar-refractivity contribution in [2.24, 2.45) is 0 Å². The summed E-state index contributed by atoms with van der Waals surface area (Å²) in [7, 11) is 0. The average molecular weight is 352 g/mol. The molecule has 2 N–H and O–H groups in total. The van der Waals surface area contributed by atoms with E-state index < -0.39 is 5.60 Å². The largest absolute Gasteiger partial charge is 0.385 e. The van der Waals surface area contributed by atoms with Gasteiger partial charge in [-0.15, -0.1) is 0 Å². The fourth-order valence-corrected chi connectivity index (χ4v) is 2.88. The van der Waals surface area contributed by atoms with Crippen molar-refractivity contribution in [1.82, 2.24) is 5.32 Å². The van der Waals surface area contributed by atoms with Crippen molar-refractivity contribution in [3.8, 4) is 11.1 Å². The molecule has 0 aliphatic heterocycles. The zero-order valence-corrected chi connectivity index (χ0v) is 14.6. The number of rotatable bonds is 5. The smallest absolute Gasteiger partial charge is 0.216 e. The molecule has 2 rings (SSSR count). The van der Waals surface area contributed by atoms with E-state index in [0.29, 0.717) is 23.0 Å². The Bertz CT molecular complexity index is 697. The van der Waals surface area contributed by atoms with Gasteiger partial charge >= 0.3 is 0 Å². The van der Waals surface area contributed by atoms with Crippen molar-refractivity contribution in [3.63, 3.8) is 0 Å². The molecular formula is C18H19Cl2NO2. The van der Waals surface area contributed by atoms with Crippen LogP contribution < -0.4 is 5.32 Å². The molecule has 3 nitrogen and oxygen atoms in total. The predicted octanol–water partition coefficient (Wildman–Crippen LogP) is 4.39. The molecule has 1 unspecified atom stereocenters. The van der Waals surface area contributed by atoms with Crippen LogP contribution in [0, 0.1) is 0 Å². The van der Waals surface area contributed by atoms with Crippen molar-refractivity contribution in [1.29, 1.82) is 0 Å². The Hall–Kier alpha value is -1.55. The first-order chi connectivity index (χ1) is 10.8. The quantitative estimate of drug-likeness (QED) is 0.838. The summed E-state index contributed by atoms with van der Waals surface area (Å²) in [6.07, 6.45) is 0.438. The number of carbonyl (C=O) groups excluding carboxylic acids is 1. The number of hydrogen-bond donors (Lipinski definition) is 2. The van der Waals surface area contributed by atoms with Gasteiger partial charge in [-0.25, -0.2) is 0 Å². The van der Waals surface area contributed by atoms with E-state index in [2.05, 4.69) is 5.32 Å². The van der Waals surface area contributed by atoms with Crippen LogP contribution in [-0.4, -0.2) is 17.6 Å². The topological polar surface area (TPSA) is 49.3 Å². The highest BCUT2D eigenvalue weighted by molar-refractivity contribution is 6.36. The molecule has 0 aliphatic carbocycles. The zero-order valence-electron chi connectivity index (χ0n) is 13.1. The second kappa shape index (κ2) is 7.35. The lowest BCUT2D eigenvalue weighted by Crippen LogP contribution is -2.29. The Kier molecular flexibility index (Phi) is 5.69. The Morgan fingerprint density at radius 1 is 1.17 bits per heavy atom. The fourth-order valence-electron chi connectivity index (χ4n) is 2.36. The van der Waals surface area contributed by atoms with Crippen molar-refractivity contribution in [3.05, 3.63) is 58.1 Å². The third kappa shape index (κ3) is 4.71. The molecule has 0 fully saturated rings. The predicted molar refractivity (Wildman–Crippen MR) is 94.8 cm³/mol. The molecule has 1 atom stereocenters. The summed E-state index contributed by atoms with van der Waals surface area (Å²) in [4.78, 5) is 10.9. The van der Waals surface area contributed by atoms with Crippen LogP contribution in [-0.2, 0) is 10.4 Å². The molecule has 2 aromatic carbocycles. The number of benzene rings is 2. The Balaban J connectivity index is 2.16. The minimum Gasteiger partial charge on any atom is -0.385 e. The minimum absolute atomic E-state index is 0.103. The number of hydrogen-bond acceptors (Lipinski definition) is 2. The first-order valence-electron chi connectivity index (χ1n) is 7.32. The maximum Gasteiger partial charge on any atom is 0.216 e. The molecule has 5 heteroatoms. The number of nitrogens with one attached hydrogen (secondary N) is 1. The third-order valence-electron chi connectivity index (χ3n) is 3.73. The van der Waals surface area contributed by atoms with Gasteiger partial charge in [-0.2, -0.15) is 0 Å². The molecule has 2 aromatic rings. The lowest BCUT2D eigenvalue weighted by molar-refractivity contribution is -0.119. The second-order valence-corrected chi connectivity index (χ2v) is 6.55. The van der Waals surface area contributed by atoms with Crippen molar-refractivity contribution >= 4 is 29.1 Å². The first kappa shape index (κ1) is 17.8. The van der Waals surface area contributed by atoms with E-state index in [0.717, 1.165) is 16.7 Å². The van der Waals surface area contributed by atoms with Crippen LogP contribution in [0.4, 0.5) is 0 Å². The molecule has 0 aliphatic rings. The monoisotopic (exact) mass is 351 g/mol. The summed E-state index contributed by atoms with van der Waals surface area (Å²) in [5.41, 5.74) is 1.62. The van der Waals surface area contributed by atoms with E-state index >= 15 is 0 Å². The number of carbonyl (C=O) groups is 1.